The van der Waals surface area contributed by atoms with Crippen LogP contribution >= 0.6 is 0 Å². The lowest BCUT2D eigenvalue weighted by molar-refractivity contribution is -0.915. The topological polar surface area (TPSA) is 63.1 Å². The summed E-state index contributed by atoms with van der Waals surface area (Å²) in [4.78, 5) is 28.0. The standard InChI is InChI=1S/C18H23N3O3/c1-18(15-6-5-13-3-2-4-14(13)11-15)16(22)21(17(23)19-18)12-20-7-9-24-10-8-20/h5-6,11H,2-4,7-10,12H2,1H3,(H,19,23)/p+1/t18-/m1/s1. The number of imide groups is 1. The van der Waals surface area contributed by atoms with Crippen molar-refractivity contribution >= 4 is 11.9 Å². The van der Waals surface area contributed by atoms with Crippen molar-refractivity contribution in [2.45, 2.75) is 31.7 Å². The maximum atomic E-state index is 13.0. The molecule has 1 aromatic rings. The van der Waals surface area contributed by atoms with Gasteiger partial charge in [0.2, 0.25) is 0 Å². The number of nitrogens with zero attached hydrogens (tertiary/aromatic N) is 1. The van der Waals surface area contributed by atoms with Crippen molar-refractivity contribution in [3.8, 4) is 0 Å². The number of rotatable bonds is 3. The molecule has 1 aromatic carbocycles. The van der Waals surface area contributed by atoms with E-state index in [0.29, 0.717) is 19.9 Å². The average Bonchev–Trinajstić information content (AvgIpc) is 3.14. The molecule has 2 aliphatic heterocycles. The minimum Gasteiger partial charge on any atom is -0.370 e. The van der Waals surface area contributed by atoms with Gasteiger partial charge >= 0.3 is 6.03 Å². The SMILES string of the molecule is C[C@]1(c2ccc3c(c2)CCC3)NC(=O)N(C[NH+]2CCOCC2)C1=O. The first-order valence-corrected chi connectivity index (χ1v) is 8.75. The van der Waals surface area contributed by atoms with Crippen LogP contribution in [0.2, 0.25) is 0 Å². The number of ether oxygens (including phenoxy) is 1. The molecule has 4 rings (SSSR count). The molecule has 6 nitrogen and oxygen atoms in total. The monoisotopic (exact) mass is 330 g/mol. The second kappa shape index (κ2) is 5.86. The fraction of sp³-hybridized carbons (Fsp3) is 0.556. The summed E-state index contributed by atoms with van der Waals surface area (Å²) in [6.45, 7) is 5.24. The predicted octanol–water partition coefficient (Wildman–Crippen LogP) is -0.185. The van der Waals surface area contributed by atoms with Gasteiger partial charge in [-0.3, -0.25) is 4.79 Å². The van der Waals surface area contributed by atoms with Crippen LogP contribution in [-0.4, -0.2) is 49.8 Å². The van der Waals surface area contributed by atoms with Crippen LogP contribution < -0.4 is 10.2 Å². The average molecular weight is 330 g/mol. The van der Waals surface area contributed by atoms with Gasteiger partial charge in [0.05, 0.1) is 13.2 Å². The molecule has 2 fully saturated rings. The number of morpholine rings is 1. The molecule has 3 amide bonds. The highest BCUT2D eigenvalue weighted by atomic mass is 16.5. The van der Waals surface area contributed by atoms with Crippen molar-refractivity contribution in [3.05, 3.63) is 34.9 Å². The third kappa shape index (κ3) is 2.50. The third-order valence-electron chi connectivity index (χ3n) is 5.53. The number of fused-ring (bicyclic) bond motifs is 1. The van der Waals surface area contributed by atoms with Crippen molar-refractivity contribution in [3.63, 3.8) is 0 Å². The molecule has 0 unspecified atom stereocenters. The maximum Gasteiger partial charge on any atom is 0.329 e. The minimum absolute atomic E-state index is 0.149. The number of benzene rings is 1. The number of amides is 3. The van der Waals surface area contributed by atoms with Crippen LogP contribution in [0.3, 0.4) is 0 Å². The number of aryl methyl sites for hydroxylation is 2. The van der Waals surface area contributed by atoms with Gasteiger partial charge in [0.1, 0.15) is 18.6 Å². The minimum atomic E-state index is -0.958. The summed E-state index contributed by atoms with van der Waals surface area (Å²) in [5, 5.41) is 2.92. The Morgan fingerprint density at radius 2 is 1.96 bits per heavy atom. The molecular formula is C18H24N3O3+. The number of quaternary nitrogens is 1. The summed E-state index contributed by atoms with van der Waals surface area (Å²) >= 11 is 0. The van der Waals surface area contributed by atoms with Crippen LogP contribution in [0.4, 0.5) is 4.79 Å². The van der Waals surface area contributed by atoms with Gasteiger partial charge in [-0.1, -0.05) is 18.2 Å². The predicted molar refractivity (Wildman–Crippen MR) is 87.6 cm³/mol. The number of carbonyl (C=O) groups excluding carboxylic acids is 2. The molecule has 6 heteroatoms. The fourth-order valence-corrected chi connectivity index (χ4v) is 3.96. The van der Waals surface area contributed by atoms with E-state index in [1.54, 1.807) is 0 Å². The molecular weight excluding hydrogens is 306 g/mol. The van der Waals surface area contributed by atoms with Crippen LogP contribution in [0.5, 0.6) is 0 Å². The Morgan fingerprint density at radius 1 is 1.21 bits per heavy atom. The van der Waals surface area contributed by atoms with E-state index in [9.17, 15) is 9.59 Å². The van der Waals surface area contributed by atoms with Crippen molar-refractivity contribution in [2.75, 3.05) is 33.0 Å². The molecule has 24 heavy (non-hydrogen) atoms. The summed E-state index contributed by atoms with van der Waals surface area (Å²) in [5.41, 5.74) is 2.61. The lowest BCUT2D eigenvalue weighted by Gasteiger charge is -2.27. The highest BCUT2D eigenvalue weighted by molar-refractivity contribution is 6.07. The molecule has 0 bridgehead atoms. The fourth-order valence-electron chi connectivity index (χ4n) is 3.96. The maximum absolute atomic E-state index is 13.0. The molecule has 1 atom stereocenters. The zero-order valence-electron chi connectivity index (χ0n) is 14.1. The molecule has 3 aliphatic rings. The number of hydrogen-bond donors (Lipinski definition) is 2. The van der Waals surface area contributed by atoms with E-state index in [1.165, 1.54) is 27.3 Å². The summed E-state index contributed by atoms with van der Waals surface area (Å²) in [5.74, 6) is -0.149. The second-order valence-corrected chi connectivity index (χ2v) is 7.15. The van der Waals surface area contributed by atoms with Gasteiger partial charge in [0.15, 0.2) is 6.67 Å². The van der Waals surface area contributed by atoms with E-state index >= 15 is 0 Å². The van der Waals surface area contributed by atoms with Crippen molar-refractivity contribution in [1.82, 2.24) is 10.2 Å². The molecule has 128 valence electrons. The van der Waals surface area contributed by atoms with Crippen LogP contribution in [0.1, 0.15) is 30.0 Å². The number of carbonyl (C=O) groups is 2. The van der Waals surface area contributed by atoms with Gasteiger partial charge in [0.25, 0.3) is 5.91 Å². The van der Waals surface area contributed by atoms with Gasteiger partial charge in [0, 0.05) is 0 Å². The molecule has 1 aliphatic carbocycles. The normalized spacial score (nSPS) is 27.5. The van der Waals surface area contributed by atoms with Gasteiger partial charge in [-0.15, -0.1) is 0 Å². The Kier molecular flexibility index (Phi) is 3.81. The highest BCUT2D eigenvalue weighted by Gasteiger charge is 2.50. The van der Waals surface area contributed by atoms with Crippen LogP contribution in [-0.2, 0) is 27.9 Å². The first kappa shape index (κ1) is 15.6. The number of urea groups is 1. The molecule has 0 saturated carbocycles. The molecule has 0 aromatic heterocycles. The summed E-state index contributed by atoms with van der Waals surface area (Å²) in [6.07, 6.45) is 3.34. The Bertz CT molecular complexity index is 684. The van der Waals surface area contributed by atoms with Crippen LogP contribution in [0, 0.1) is 0 Å². The lowest BCUT2D eigenvalue weighted by Crippen LogP contribution is -3.15. The molecule has 0 spiro atoms. The van der Waals surface area contributed by atoms with Crippen molar-refractivity contribution in [2.24, 2.45) is 0 Å². The van der Waals surface area contributed by atoms with Gasteiger partial charge in [-0.05, 0) is 42.9 Å². The largest absolute Gasteiger partial charge is 0.370 e. The van der Waals surface area contributed by atoms with E-state index in [2.05, 4.69) is 17.4 Å². The van der Waals surface area contributed by atoms with Crippen molar-refractivity contribution < 1.29 is 19.2 Å². The molecule has 2 heterocycles. The number of nitrogens with one attached hydrogen (secondary N) is 2. The quantitative estimate of drug-likeness (QED) is 0.756. The van der Waals surface area contributed by atoms with E-state index in [4.69, 9.17) is 4.74 Å². The van der Waals surface area contributed by atoms with Crippen LogP contribution in [0.15, 0.2) is 18.2 Å². The number of hydrogen-bond acceptors (Lipinski definition) is 3. The lowest BCUT2D eigenvalue weighted by atomic mass is 9.90. The Hall–Kier alpha value is -1.92. The van der Waals surface area contributed by atoms with E-state index in [-0.39, 0.29) is 11.9 Å². The Balaban J connectivity index is 1.57. The van der Waals surface area contributed by atoms with Gasteiger partial charge in [-0.2, -0.15) is 0 Å². The first-order valence-electron chi connectivity index (χ1n) is 8.75. The van der Waals surface area contributed by atoms with Crippen molar-refractivity contribution in [1.29, 1.82) is 0 Å². The van der Waals surface area contributed by atoms with Gasteiger partial charge in [-0.25, -0.2) is 9.69 Å². The highest BCUT2D eigenvalue weighted by Crippen LogP contribution is 2.32. The van der Waals surface area contributed by atoms with E-state index in [1.807, 2.05) is 13.0 Å². The summed E-state index contributed by atoms with van der Waals surface area (Å²) in [7, 11) is 0. The second-order valence-electron chi connectivity index (χ2n) is 7.15. The molecule has 2 saturated heterocycles. The molecule has 0 radical (unpaired) electrons. The van der Waals surface area contributed by atoms with E-state index in [0.717, 1.165) is 31.5 Å². The zero-order valence-corrected chi connectivity index (χ0v) is 14.1. The van der Waals surface area contributed by atoms with Crippen LogP contribution in [0.25, 0.3) is 0 Å². The van der Waals surface area contributed by atoms with Gasteiger partial charge < -0.3 is 15.0 Å². The summed E-state index contributed by atoms with van der Waals surface area (Å²) in [6, 6.07) is 5.92. The van der Waals surface area contributed by atoms with E-state index < -0.39 is 5.54 Å². The first-order chi connectivity index (χ1) is 11.6. The third-order valence-corrected chi connectivity index (χ3v) is 5.53. The smallest absolute Gasteiger partial charge is 0.329 e. The Labute approximate surface area is 141 Å². The molecule has 2 N–H and O–H groups in total. The summed E-state index contributed by atoms with van der Waals surface area (Å²) < 4.78 is 5.35. The zero-order chi connectivity index (χ0) is 16.7. The Morgan fingerprint density at radius 3 is 2.75 bits per heavy atom.